The molecule has 0 spiro atoms. The Kier molecular flexibility index (Phi) is 5.09. The van der Waals surface area contributed by atoms with E-state index in [9.17, 15) is 0 Å². The Hall–Kier alpha value is -0.870. The van der Waals surface area contributed by atoms with Crippen LogP contribution in [0.2, 0.25) is 0 Å². The molecule has 1 saturated carbocycles. The van der Waals surface area contributed by atoms with Crippen molar-refractivity contribution in [1.82, 2.24) is 14.9 Å². The fourth-order valence-corrected chi connectivity index (χ4v) is 3.54. The van der Waals surface area contributed by atoms with Gasteiger partial charge in [-0.3, -0.25) is 0 Å². The molecule has 0 amide bonds. The van der Waals surface area contributed by atoms with Gasteiger partial charge >= 0.3 is 0 Å². The quantitative estimate of drug-likeness (QED) is 0.899. The van der Waals surface area contributed by atoms with Gasteiger partial charge < -0.3 is 14.6 Å². The van der Waals surface area contributed by atoms with E-state index < -0.39 is 0 Å². The van der Waals surface area contributed by atoms with Crippen LogP contribution in [0.1, 0.15) is 56.6 Å². The lowest BCUT2D eigenvalue weighted by molar-refractivity contribution is 0.0280. The van der Waals surface area contributed by atoms with Gasteiger partial charge in [-0.1, -0.05) is 19.3 Å². The molecule has 112 valence electrons. The second kappa shape index (κ2) is 7.23. The zero-order chi connectivity index (χ0) is 13.6. The molecule has 2 aliphatic rings. The molecule has 3 rings (SSSR count). The number of hydrogen-bond donors (Lipinski definition) is 1. The van der Waals surface area contributed by atoms with E-state index >= 15 is 0 Å². The molecule has 1 aliphatic carbocycles. The monoisotopic (exact) mass is 277 g/mol. The zero-order valence-corrected chi connectivity index (χ0v) is 12.4. The second-order valence-corrected chi connectivity index (χ2v) is 6.17. The molecule has 4 heteroatoms. The van der Waals surface area contributed by atoms with Gasteiger partial charge in [0.05, 0.1) is 19.0 Å². The maximum atomic E-state index is 6.01. The zero-order valence-electron chi connectivity index (χ0n) is 12.4. The minimum Gasteiger partial charge on any atom is -0.376 e. The predicted octanol–water partition coefficient (Wildman–Crippen LogP) is 2.70. The molecular formula is C16H27N3O. The van der Waals surface area contributed by atoms with Crippen LogP contribution >= 0.6 is 0 Å². The lowest BCUT2D eigenvalue weighted by Crippen LogP contribution is -2.33. The van der Waals surface area contributed by atoms with Gasteiger partial charge in [0.25, 0.3) is 0 Å². The number of piperidine rings is 1. The molecule has 2 heterocycles. The van der Waals surface area contributed by atoms with Crippen LogP contribution in [0.5, 0.6) is 0 Å². The summed E-state index contributed by atoms with van der Waals surface area (Å²) in [6, 6.07) is 0. The van der Waals surface area contributed by atoms with E-state index in [0.29, 0.717) is 6.10 Å². The van der Waals surface area contributed by atoms with Crippen molar-refractivity contribution in [1.29, 1.82) is 0 Å². The number of rotatable bonds is 5. The highest BCUT2D eigenvalue weighted by Crippen LogP contribution is 2.32. The summed E-state index contributed by atoms with van der Waals surface area (Å²) in [7, 11) is 0. The first-order chi connectivity index (χ1) is 9.93. The lowest BCUT2D eigenvalue weighted by atomic mass is 9.87. The van der Waals surface area contributed by atoms with Gasteiger partial charge in [0.15, 0.2) is 0 Å². The van der Waals surface area contributed by atoms with Crippen molar-refractivity contribution in [3.63, 3.8) is 0 Å². The summed E-state index contributed by atoms with van der Waals surface area (Å²) in [5, 5.41) is 3.38. The van der Waals surface area contributed by atoms with Crippen molar-refractivity contribution < 1.29 is 4.74 Å². The summed E-state index contributed by atoms with van der Waals surface area (Å²) in [5.74, 6) is 0.727. The highest BCUT2D eigenvalue weighted by Gasteiger charge is 2.19. The summed E-state index contributed by atoms with van der Waals surface area (Å²) < 4.78 is 8.33. The van der Waals surface area contributed by atoms with E-state index in [1.54, 1.807) is 0 Å². The molecule has 0 atom stereocenters. The Morgan fingerprint density at radius 2 is 1.95 bits per heavy atom. The molecule has 1 N–H and O–H groups in total. The lowest BCUT2D eigenvalue weighted by Gasteiger charge is -2.25. The highest BCUT2D eigenvalue weighted by atomic mass is 16.5. The molecule has 1 aliphatic heterocycles. The smallest absolute Gasteiger partial charge is 0.0949 e. The number of nitrogens with zero attached hydrogens (tertiary/aromatic N) is 2. The number of aromatic nitrogens is 2. The first kappa shape index (κ1) is 14.1. The van der Waals surface area contributed by atoms with Gasteiger partial charge in [-0.15, -0.1) is 0 Å². The van der Waals surface area contributed by atoms with Crippen molar-refractivity contribution in [2.24, 2.45) is 0 Å². The molecular weight excluding hydrogens is 250 g/mol. The standard InChI is InChI=1S/C16H27N3O/c1-2-4-14(5-3-1)16-12-18-13-19(16)10-11-20-15-6-8-17-9-7-15/h12-15,17H,1-11H2. The molecule has 0 bridgehead atoms. The van der Waals surface area contributed by atoms with Gasteiger partial charge in [-0.05, 0) is 38.8 Å². The van der Waals surface area contributed by atoms with Gasteiger partial charge in [-0.25, -0.2) is 4.98 Å². The van der Waals surface area contributed by atoms with Crippen LogP contribution in [0.15, 0.2) is 12.5 Å². The van der Waals surface area contributed by atoms with Gasteiger partial charge in [0, 0.05) is 24.4 Å². The second-order valence-electron chi connectivity index (χ2n) is 6.17. The van der Waals surface area contributed by atoms with E-state index in [1.165, 1.54) is 37.8 Å². The summed E-state index contributed by atoms with van der Waals surface area (Å²) in [4.78, 5) is 4.36. The molecule has 1 saturated heterocycles. The Bertz CT molecular complexity index is 392. The Balaban J connectivity index is 1.48. The van der Waals surface area contributed by atoms with Gasteiger partial charge in [-0.2, -0.15) is 0 Å². The summed E-state index contributed by atoms with van der Waals surface area (Å²) in [6.45, 7) is 3.97. The van der Waals surface area contributed by atoms with Gasteiger partial charge in [0.1, 0.15) is 0 Å². The van der Waals surface area contributed by atoms with E-state index in [-0.39, 0.29) is 0 Å². The van der Waals surface area contributed by atoms with Gasteiger partial charge in [0.2, 0.25) is 0 Å². The molecule has 0 radical (unpaired) electrons. The van der Waals surface area contributed by atoms with Crippen LogP contribution in [0.25, 0.3) is 0 Å². The minimum atomic E-state index is 0.456. The van der Waals surface area contributed by atoms with Crippen molar-refractivity contribution >= 4 is 0 Å². The van der Waals surface area contributed by atoms with E-state index in [4.69, 9.17) is 4.74 Å². The van der Waals surface area contributed by atoms with Crippen molar-refractivity contribution in [2.75, 3.05) is 19.7 Å². The molecule has 4 nitrogen and oxygen atoms in total. The molecule has 20 heavy (non-hydrogen) atoms. The maximum absolute atomic E-state index is 6.01. The summed E-state index contributed by atoms with van der Waals surface area (Å²) in [6.07, 6.45) is 13.6. The first-order valence-corrected chi connectivity index (χ1v) is 8.26. The molecule has 0 unspecified atom stereocenters. The molecule has 0 aromatic carbocycles. The molecule has 2 fully saturated rings. The van der Waals surface area contributed by atoms with E-state index in [2.05, 4.69) is 21.1 Å². The normalized spacial score (nSPS) is 22.2. The summed E-state index contributed by atoms with van der Waals surface area (Å²) in [5.41, 5.74) is 1.43. The Labute approximate surface area is 121 Å². The average molecular weight is 277 g/mol. The summed E-state index contributed by atoms with van der Waals surface area (Å²) >= 11 is 0. The third-order valence-electron chi connectivity index (χ3n) is 4.74. The predicted molar refractivity (Wildman–Crippen MR) is 79.9 cm³/mol. The van der Waals surface area contributed by atoms with E-state index in [1.807, 2.05) is 6.33 Å². The SMILES string of the molecule is c1ncn(CCOC2CCNCC2)c1C1CCCCC1. The largest absolute Gasteiger partial charge is 0.376 e. The average Bonchev–Trinajstić information content (AvgIpc) is 2.98. The van der Waals surface area contributed by atoms with Crippen LogP contribution in [0, 0.1) is 0 Å². The minimum absolute atomic E-state index is 0.456. The third-order valence-corrected chi connectivity index (χ3v) is 4.74. The van der Waals surface area contributed by atoms with Crippen molar-refractivity contribution in [3.8, 4) is 0 Å². The number of ether oxygens (including phenoxy) is 1. The number of imidazole rings is 1. The third kappa shape index (κ3) is 3.61. The molecule has 1 aromatic rings. The Morgan fingerprint density at radius 3 is 2.75 bits per heavy atom. The van der Waals surface area contributed by atoms with Crippen molar-refractivity contribution in [3.05, 3.63) is 18.2 Å². The Morgan fingerprint density at radius 1 is 1.15 bits per heavy atom. The van der Waals surface area contributed by atoms with Crippen molar-refractivity contribution in [2.45, 2.75) is 63.5 Å². The topological polar surface area (TPSA) is 39.1 Å². The van der Waals surface area contributed by atoms with E-state index in [0.717, 1.165) is 45.0 Å². The molecule has 1 aromatic heterocycles. The van der Waals surface area contributed by atoms with Crippen LogP contribution < -0.4 is 5.32 Å². The fraction of sp³-hybridized carbons (Fsp3) is 0.812. The number of hydrogen-bond acceptors (Lipinski definition) is 3. The first-order valence-electron chi connectivity index (χ1n) is 8.26. The maximum Gasteiger partial charge on any atom is 0.0949 e. The van der Waals surface area contributed by atoms with Crippen LogP contribution in [0.3, 0.4) is 0 Å². The fourth-order valence-electron chi connectivity index (χ4n) is 3.54. The number of nitrogens with one attached hydrogen (secondary N) is 1. The van der Waals surface area contributed by atoms with Crippen LogP contribution in [-0.4, -0.2) is 35.4 Å². The highest BCUT2D eigenvalue weighted by molar-refractivity contribution is 5.07. The van der Waals surface area contributed by atoms with Crippen LogP contribution in [0.4, 0.5) is 0 Å². The van der Waals surface area contributed by atoms with Crippen LogP contribution in [-0.2, 0) is 11.3 Å².